The fraction of sp³-hybridized carbons (Fsp3) is 0.684. The van der Waals surface area contributed by atoms with Crippen LogP contribution in [0.1, 0.15) is 52.4 Å². The van der Waals surface area contributed by atoms with Crippen LogP contribution in [-0.2, 0) is 19.5 Å². The first-order valence-electron chi connectivity index (χ1n) is 9.20. The van der Waals surface area contributed by atoms with Gasteiger partial charge in [-0.15, -0.1) is 0 Å². The van der Waals surface area contributed by atoms with Crippen molar-refractivity contribution in [3.05, 3.63) is 24.3 Å². The van der Waals surface area contributed by atoms with E-state index in [1.165, 1.54) is 12.8 Å². The molecule has 7 heteroatoms. The highest BCUT2D eigenvalue weighted by atomic mass is 32.2. The molecule has 0 aliphatic heterocycles. The summed E-state index contributed by atoms with van der Waals surface area (Å²) in [7, 11) is -2.04. The topological polar surface area (TPSA) is 73.9 Å². The SMILES string of the molecule is COCOCCCC(C)(C)NS(=O)(=O)c1cccc(OC2CCCC2)c1. The Morgan fingerprint density at radius 2 is 1.96 bits per heavy atom. The third-order valence-corrected chi connectivity index (χ3v) is 6.12. The van der Waals surface area contributed by atoms with Crippen molar-refractivity contribution in [1.82, 2.24) is 4.72 Å². The number of benzene rings is 1. The van der Waals surface area contributed by atoms with Crippen molar-refractivity contribution >= 4 is 10.0 Å². The van der Waals surface area contributed by atoms with Crippen LogP contribution in [0.5, 0.6) is 5.75 Å². The Bertz CT molecular complexity index is 654. The number of hydrogen-bond acceptors (Lipinski definition) is 5. The Labute approximate surface area is 157 Å². The maximum Gasteiger partial charge on any atom is 0.241 e. The van der Waals surface area contributed by atoms with E-state index in [9.17, 15) is 8.42 Å². The Balaban J connectivity index is 1.95. The van der Waals surface area contributed by atoms with Crippen LogP contribution in [0.3, 0.4) is 0 Å². The van der Waals surface area contributed by atoms with Gasteiger partial charge in [-0.1, -0.05) is 6.07 Å². The fourth-order valence-electron chi connectivity index (χ4n) is 3.15. The van der Waals surface area contributed by atoms with Gasteiger partial charge in [-0.25, -0.2) is 13.1 Å². The van der Waals surface area contributed by atoms with Gasteiger partial charge in [0.15, 0.2) is 0 Å². The Hall–Kier alpha value is -1.15. The molecule has 1 aliphatic rings. The maximum atomic E-state index is 12.8. The van der Waals surface area contributed by atoms with Gasteiger partial charge in [0.05, 0.1) is 11.0 Å². The summed E-state index contributed by atoms with van der Waals surface area (Å²) in [5, 5.41) is 0. The van der Waals surface area contributed by atoms with E-state index < -0.39 is 15.6 Å². The minimum atomic E-state index is -3.62. The summed E-state index contributed by atoms with van der Waals surface area (Å²) in [5.41, 5.74) is -0.572. The molecule has 1 aliphatic carbocycles. The molecular formula is C19H31NO5S. The number of methoxy groups -OCH3 is 1. The van der Waals surface area contributed by atoms with Crippen LogP contribution in [0.15, 0.2) is 29.2 Å². The van der Waals surface area contributed by atoms with Gasteiger partial charge >= 0.3 is 0 Å². The molecule has 1 fully saturated rings. The van der Waals surface area contributed by atoms with E-state index >= 15 is 0 Å². The van der Waals surface area contributed by atoms with Crippen molar-refractivity contribution < 1.29 is 22.6 Å². The standard InChI is InChI=1S/C19H31NO5S/c1-19(2,12-7-13-24-15-23-3)20-26(21,22)18-11-6-10-17(14-18)25-16-8-4-5-9-16/h6,10-11,14,16,20H,4-5,7-9,12-13,15H2,1-3H3. The number of hydrogen-bond donors (Lipinski definition) is 1. The number of nitrogens with one attached hydrogen (secondary N) is 1. The molecule has 1 N–H and O–H groups in total. The molecule has 0 heterocycles. The second-order valence-corrected chi connectivity index (χ2v) is 9.09. The molecule has 0 spiro atoms. The zero-order chi connectivity index (χ0) is 19.0. The monoisotopic (exact) mass is 385 g/mol. The average Bonchev–Trinajstić information content (AvgIpc) is 3.07. The van der Waals surface area contributed by atoms with E-state index in [4.69, 9.17) is 14.2 Å². The van der Waals surface area contributed by atoms with Gasteiger partial charge in [-0.3, -0.25) is 0 Å². The molecule has 148 valence electrons. The van der Waals surface area contributed by atoms with Gasteiger partial charge in [0.2, 0.25) is 10.0 Å². The van der Waals surface area contributed by atoms with Crippen molar-refractivity contribution in [1.29, 1.82) is 0 Å². The highest BCUT2D eigenvalue weighted by Gasteiger charge is 2.26. The predicted octanol–water partition coefficient (Wildman–Crippen LogP) is 3.47. The quantitative estimate of drug-likeness (QED) is 0.466. The van der Waals surface area contributed by atoms with Crippen LogP contribution in [0, 0.1) is 0 Å². The summed E-state index contributed by atoms with van der Waals surface area (Å²) in [6.45, 7) is 4.53. The molecule has 1 aromatic rings. The first-order chi connectivity index (χ1) is 12.3. The van der Waals surface area contributed by atoms with Crippen LogP contribution in [-0.4, -0.2) is 40.6 Å². The van der Waals surface area contributed by atoms with E-state index in [0.29, 0.717) is 18.8 Å². The molecule has 0 amide bonds. The molecule has 0 atom stereocenters. The zero-order valence-electron chi connectivity index (χ0n) is 16.0. The van der Waals surface area contributed by atoms with Crippen LogP contribution < -0.4 is 9.46 Å². The van der Waals surface area contributed by atoms with Crippen LogP contribution in [0.25, 0.3) is 0 Å². The maximum absolute atomic E-state index is 12.8. The predicted molar refractivity (Wildman–Crippen MR) is 101 cm³/mol. The lowest BCUT2D eigenvalue weighted by molar-refractivity contribution is -0.0324. The van der Waals surface area contributed by atoms with Gasteiger partial charge < -0.3 is 14.2 Å². The molecular weight excluding hydrogens is 354 g/mol. The summed E-state index contributed by atoms with van der Waals surface area (Å²) in [5.74, 6) is 0.616. The third kappa shape index (κ3) is 6.87. The van der Waals surface area contributed by atoms with Gasteiger partial charge in [-0.05, 0) is 64.5 Å². The minimum absolute atomic E-state index is 0.199. The molecule has 0 radical (unpaired) electrons. The van der Waals surface area contributed by atoms with E-state index in [1.54, 1.807) is 25.3 Å². The normalized spacial score (nSPS) is 16.1. The Morgan fingerprint density at radius 3 is 2.65 bits per heavy atom. The number of ether oxygens (including phenoxy) is 3. The van der Waals surface area contributed by atoms with Gasteiger partial charge in [0.25, 0.3) is 0 Å². The molecule has 26 heavy (non-hydrogen) atoms. The molecule has 1 aromatic carbocycles. The summed E-state index contributed by atoms with van der Waals surface area (Å²) >= 11 is 0. The second kappa shape index (κ2) is 9.69. The third-order valence-electron chi connectivity index (χ3n) is 4.42. The lowest BCUT2D eigenvalue weighted by Gasteiger charge is -2.26. The fourth-order valence-corrected chi connectivity index (χ4v) is 4.62. The van der Waals surface area contributed by atoms with Gasteiger partial charge in [0, 0.05) is 25.3 Å². The van der Waals surface area contributed by atoms with E-state index in [1.807, 2.05) is 19.9 Å². The first kappa shape index (κ1) is 21.2. The van der Waals surface area contributed by atoms with Gasteiger partial charge in [-0.2, -0.15) is 0 Å². The summed E-state index contributed by atoms with van der Waals surface area (Å²) < 4.78 is 44.3. The smallest absolute Gasteiger partial charge is 0.241 e. The highest BCUT2D eigenvalue weighted by molar-refractivity contribution is 7.89. The average molecular weight is 386 g/mol. The molecule has 6 nitrogen and oxygen atoms in total. The van der Waals surface area contributed by atoms with E-state index in [0.717, 1.165) is 19.3 Å². The summed E-state index contributed by atoms with van der Waals surface area (Å²) in [4.78, 5) is 0.233. The Morgan fingerprint density at radius 1 is 1.23 bits per heavy atom. The number of sulfonamides is 1. The summed E-state index contributed by atoms with van der Waals surface area (Å²) in [6, 6.07) is 6.75. The van der Waals surface area contributed by atoms with Crippen molar-refractivity contribution in [2.75, 3.05) is 20.5 Å². The van der Waals surface area contributed by atoms with Crippen molar-refractivity contribution in [2.24, 2.45) is 0 Å². The summed E-state index contributed by atoms with van der Waals surface area (Å²) in [6.07, 6.45) is 6.02. The zero-order valence-corrected chi connectivity index (χ0v) is 16.8. The lowest BCUT2D eigenvalue weighted by Crippen LogP contribution is -2.43. The molecule has 1 saturated carbocycles. The van der Waals surface area contributed by atoms with Crippen LogP contribution in [0.4, 0.5) is 0 Å². The highest BCUT2D eigenvalue weighted by Crippen LogP contribution is 2.26. The molecule has 0 saturated heterocycles. The second-order valence-electron chi connectivity index (χ2n) is 7.41. The van der Waals surface area contributed by atoms with Crippen molar-refractivity contribution in [2.45, 2.75) is 68.9 Å². The van der Waals surface area contributed by atoms with Crippen LogP contribution >= 0.6 is 0 Å². The van der Waals surface area contributed by atoms with Crippen molar-refractivity contribution in [3.8, 4) is 5.75 Å². The number of rotatable bonds is 11. The molecule has 0 bridgehead atoms. The van der Waals surface area contributed by atoms with E-state index in [-0.39, 0.29) is 17.8 Å². The molecule has 0 unspecified atom stereocenters. The van der Waals surface area contributed by atoms with Crippen molar-refractivity contribution in [3.63, 3.8) is 0 Å². The van der Waals surface area contributed by atoms with E-state index in [2.05, 4.69) is 4.72 Å². The largest absolute Gasteiger partial charge is 0.490 e. The minimum Gasteiger partial charge on any atom is -0.490 e. The lowest BCUT2D eigenvalue weighted by atomic mass is 10.0. The first-order valence-corrected chi connectivity index (χ1v) is 10.7. The molecule has 0 aromatic heterocycles. The Kier molecular flexibility index (Phi) is 7.88. The molecule has 2 rings (SSSR count). The van der Waals surface area contributed by atoms with Gasteiger partial charge in [0.1, 0.15) is 12.5 Å². The van der Waals surface area contributed by atoms with Crippen LogP contribution in [0.2, 0.25) is 0 Å².